The lowest BCUT2D eigenvalue weighted by Gasteiger charge is -2.14. The van der Waals surface area contributed by atoms with Gasteiger partial charge in [0.05, 0.1) is 0 Å². The minimum Gasteiger partial charge on any atom is -0.480 e. The van der Waals surface area contributed by atoms with E-state index in [1.165, 1.54) is 6.07 Å². The van der Waals surface area contributed by atoms with Crippen LogP contribution in [0, 0.1) is 0 Å². The average molecular weight is 295 g/mol. The smallest absolute Gasteiger partial charge is 0.326 e. The van der Waals surface area contributed by atoms with Gasteiger partial charge in [-0.15, -0.1) is 0 Å². The van der Waals surface area contributed by atoms with Gasteiger partial charge in [0.15, 0.2) is 11.5 Å². The molecule has 2 rings (SSSR count). The molecule has 2 N–H and O–H groups in total. The number of methoxy groups -OCH3 is 1. The van der Waals surface area contributed by atoms with Gasteiger partial charge in [-0.05, 0) is 31.0 Å². The zero-order valence-corrected chi connectivity index (χ0v) is 11.6. The molecule has 1 aromatic carbocycles. The predicted octanol–water partition coefficient (Wildman–Crippen LogP) is 1.02. The topological polar surface area (TPSA) is 94.1 Å². The molecule has 0 saturated carbocycles. The first-order chi connectivity index (χ1) is 10.1. The summed E-state index contributed by atoms with van der Waals surface area (Å²) >= 11 is 0. The molecule has 7 heteroatoms. The molecule has 0 fully saturated rings. The molecule has 114 valence electrons. The lowest BCUT2D eigenvalue weighted by molar-refractivity contribution is -0.139. The Balaban J connectivity index is 1.99. The fourth-order valence-corrected chi connectivity index (χ4v) is 1.97. The molecule has 0 spiro atoms. The second-order valence-electron chi connectivity index (χ2n) is 4.57. The predicted molar refractivity (Wildman–Crippen MR) is 72.6 cm³/mol. The van der Waals surface area contributed by atoms with Gasteiger partial charge in [-0.25, -0.2) is 4.79 Å². The highest BCUT2D eigenvalue weighted by Crippen LogP contribution is 2.32. The number of amides is 1. The summed E-state index contributed by atoms with van der Waals surface area (Å²) in [7, 11) is 1.54. The van der Waals surface area contributed by atoms with Crippen LogP contribution in [0.5, 0.6) is 11.5 Å². The molecular formula is C14H17NO6. The van der Waals surface area contributed by atoms with Crippen molar-refractivity contribution < 1.29 is 28.9 Å². The molecule has 0 radical (unpaired) electrons. The summed E-state index contributed by atoms with van der Waals surface area (Å²) in [4.78, 5) is 23.2. The summed E-state index contributed by atoms with van der Waals surface area (Å²) in [5.74, 6) is -0.478. The maximum Gasteiger partial charge on any atom is 0.326 e. The molecule has 0 aromatic heterocycles. The maximum atomic E-state index is 12.1. The quantitative estimate of drug-likeness (QED) is 0.730. The van der Waals surface area contributed by atoms with E-state index in [1.54, 1.807) is 19.2 Å². The molecule has 1 aliphatic rings. The Morgan fingerprint density at radius 1 is 1.38 bits per heavy atom. The number of nitrogens with one attached hydrogen (secondary N) is 1. The molecule has 0 saturated heterocycles. The largest absolute Gasteiger partial charge is 0.480 e. The van der Waals surface area contributed by atoms with Gasteiger partial charge in [0.2, 0.25) is 6.79 Å². The second kappa shape index (κ2) is 6.94. The molecular weight excluding hydrogens is 278 g/mol. The van der Waals surface area contributed by atoms with Crippen molar-refractivity contribution in [3.63, 3.8) is 0 Å². The fourth-order valence-electron chi connectivity index (χ4n) is 1.97. The number of rotatable bonds is 7. The number of carboxylic acid groups (broad SMARTS) is 1. The van der Waals surface area contributed by atoms with Gasteiger partial charge >= 0.3 is 5.97 Å². The van der Waals surface area contributed by atoms with Crippen LogP contribution in [0.4, 0.5) is 0 Å². The Morgan fingerprint density at radius 2 is 2.14 bits per heavy atom. The Labute approximate surface area is 121 Å². The van der Waals surface area contributed by atoms with E-state index in [4.69, 9.17) is 19.3 Å². The number of benzene rings is 1. The van der Waals surface area contributed by atoms with Gasteiger partial charge in [0.25, 0.3) is 5.91 Å². The van der Waals surface area contributed by atoms with Crippen LogP contribution in [-0.2, 0) is 9.53 Å². The van der Waals surface area contributed by atoms with Crippen molar-refractivity contribution in [2.45, 2.75) is 18.9 Å². The van der Waals surface area contributed by atoms with E-state index >= 15 is 0 Å². The van der Waals surface area contributed by atoms with Crippen LogP contribution in [0.1, 0.15) is 23.2 Å². The van der Waals surface area contributed by atoms with E-state index in [0.717, 1.165) is 0 Å². The van der Waals surface area contributed by atoms with Crippen molar-refractivity contribution >= 4 is 11.9 Å². The molecule has 1 amide bonds. The van der Waals surface area contributed by atoms with Crippen LogP contribution in [0.2, 0.25) is 0 Å². The highest BCUT2D eigenvalue weighted by atomic mass is 16.7. The third-order valence-corrected chi connectivity index (χ3v) is 3.08. The molecule has 0 aliphatic carbocycles. The number of carboxylic acids is 1. The minimum atomic E-state index is -1.07. The highest BCUT2D eigenvalue weighted by molar-refractivity contribution is 5.97. The number of carbonyl (C=O) groups is 2. The van der Waals surface area contributed by atoms with Crippen molar-refractivity contribution in [3.05, 3.63) is 23.8 Å². The maximum absolute atomic E-state index is 12.1. The molecule has 7 nitrogen and oxygen atoms in total. The second-order valence-corrected chi connectivity index (χ2v) is 4.57. The molecule has 1 unspecified atom stereocenters. The molecule has 1 heterocycles. The molecule has 0 bridgehead atoms. The lowest BCUT2D eigenvalue weighted by atomic mass is 10.1. The van der Waals surface area contributed by atoms with Gasteiger partial charge in [-0.2, -0.15) is 0 Å². The molecule has 21 heavy (non-hydrogen) atoms. The van der Waals surface area contributed by atoms with Crippen molar-refractivity contribution in [2.24, 2.45) is 0 Å². The summed E-state index contributed by atoms with van der Waals surface area (Å²) in [6, 6.07) is 3.78. The van der Waals surface area contributed by atoms with E-state index < -0.39 is 17.9 Å². The summed E-state index contributed by atoms with van der Waals surface area (Å²) in [5, 5.41) is 11.6. The van der Waals surface area contributed by atoms with Crippen LogP contribution < -0.4 is 14.8 Å². The number of aliphatic carboxylic acids is 1. The average Bonchev–Trinajstić information content (AvgIpc) is 2.93. The van der Waals surface area contributed by atoms with Gasteiger partial charge in [-0.1, -0.05) is 0 Å². The Kier molecular flexibility index (Phi) is 4.99. The first kappa shape index (κ1) is 15.1. The molecule has 1 aliphatic heterocycles. The number of hydrogen-bond donors (Lipinski definition) is 2. The van der Waals surface area contributed by atoms with Gasteiger partial charge in [0, 0.05) is 19.3 Å². The van der Waals surface area contributed by atoms with Gasteiger partial charge in [0.1, 0.15) is 6.04 Å². The third kappa shape index (κ3) is 3.85. The minimum absolute atomic E-state index is 0.120. The highest BCUT2D eigenvalue weighted by Gasteiger charge is 2.22. The van der Waals surface area contributed by atoms with Crippen LogP contribution in [0.25, 0.3) is 0 Å². The van der Waals surface area contributed by atoms with Crippen LogP contribution in [0.15, 0.2) is 18.2 Å². The summed E-state index contributed by atoms with van der Waals surface area (Å²) in [6.45, 7) is 0.568. The number of hydrogen-bond acceptors (Lipinski definition) is 5. The van der Waals surface area contributed by atoms with Crippen LogP contribution in [-0.4, -0.2) is 43.5 Å². The van der Waals surface area contributed by atoms with E-state index in [0.29, 0.717) is 36.5 Å². The summed E-state index contributed by atoms with van der Waals surface area (Å²) in [5.41, 5.74) is 0.331. The Morgan fingerprint density at radius 3 is 2.86 bits per heavy atom. The SMILES string of the molecule is COCCCC(NC(=O)c1ccc2c(c1)OCO2)C(=O)O. The van der Waals surface area contributed by atoms with Gasteiger partial charge < -0.3 is 24.6 Å². The van der Waals surface area contributed by atoms with E-state index in [1.807, 2.05) is 0 Å². The summed E-state index contributed by atoms with van der Waals surface area (Å²) < 4.78 is 15.2. The van der Waals surface area contributed by atoms with Crippen molar-refractivity contribution in [2.75, 3.05) is 20.5 Å². The third-order valence-electron chi connectivity index (χ3n) is 3.08. The van der Waals surface area contributed by atoms with Crippen LogP contribution in [0.3, 0.4) is 0 Å². The lowest BCUT2D eigenvalue weighted by Crippen LogP contribution is -2.40. The zero-order chi connectivity index (χ0) is 15.2. The number of ether oxygens (including phenoxy) is 3. The van der Waals surface area contributed by atoms with Gasteiger partial charge in [-0.3, -0.25) is 4.79 Å². The zero-order valence-electron chi connectivity index (χ0n) is 11.6. The monoisotopic (exact) mass is 295 g/mol. The Bertz CT molecular complexity index is 530. The van der Waals surface area contributed by atoms with E-state index in [2.05, 4.69) is 5.32 Å². The number of carbonyl (C=O) groups excluding carboxylic acids is 1. The molecule has 1 aromatic rings. The first-order valence-corrected chi connectivity index (χ1v) is 6.54. The standard InChI is InChI=1S/C14H17NO6/c1-19-6-2-3-10(14(17)18)15-13(16)9-4-5-11-12(7-9)21-8-20-11/h4-5,7,10H,2-3,6,8H2,1H3,(H,15,16)(H,17,18). The van der Waals surface area contributed by atoms with E-state index in [9.17, 15) is 9.59 Å². The van der Waals surface area contributed by atoms with Crippen molar-refractivity contribution in [3.8, 4) is 11.5 Å². The van der Waals surface area contributed by atoms with Crippen molar-refractivity contribution in [1.29, 1.82) is 0 Å². The van der Waals surface area contributed by atoms with Crippen LogP contribution >= 0.6 is 0 Å². The Hall–Kier alpha value is -2.28. The number of fused-ring (bicyclic) bond motifs is 1. The fraction of sp³-hybridized carbons (Fsp3) is 0.429. The van der Waals surface area contributed by atoms with E-state index in [-0.39, 0.29) is 6.79 Å². The normalized spacial score (nSPS) is 13.8. The summed E-state index contributed by atoms with van der Waals surface area (Å²) in [6.07, 6.45) is 0.856. The first-order valence-electron chi connectivity index (χ1n) is 6.54. The molecule has 1 atom stereocenters. The van der Waals surface area contributed by atoms with Crippen molar-refractivity contribution in [1.82, 2.24) is 5.32 Å².